The topological polar surface area (TPSA) is 49.8 Å². The maximum absolute atomic E-state index is 11.2. The van der Waals surface area contributed by atoms with Crippen molar-refractivity contribution < 1.29 is 14.6 Å². The molecule has 1 atom stereocenters. The Kier molecular flexibility index (Phi) is 4.90. The molecular formula is C28H27NO3. The lowest BCUT2D eigenvalue weighted by molar-refractivity contribution is -0.136. The van der Waals surface area contributed by atoms with Gasteiger partial charge in [0.25, 0.3) is 0 Å². The van der Waals surface area contributed by atoms with Gasteiger partial charge in [0.05, 0.1) is 13.0 Å². The molecule has 1 N–H and O–H groups in total. The summed E-state index contributed by atoms with van der Waals surface area (Å²) in [5, 5.41) is 9.21. The van der Waals surface area contributed by atoms with Crippen LogP contribution in [0.25, 0.3) is 17.2 Å². The zero-order chi connectivity index (χ0) is 22.3. The predicted octanol–water partition coefficient (Wildman–Crippen LogP) is 5.52. The van der Waals surface area contributed by atoms with Crippen molar-refractivity contribution in [2.24, 2.45) is 0 Å². The molecule has 4 heteroatoms. The third-order valence-electron chi connectivity index (χ3n) is 6.83. The summed E-state index contributed by atoms with van der Waals surface area (Å²) in [6, 6.07) is 24.9. The first kappa shape index (κ1) is 20.5. The van der Waals surface area contributed by atoms with E-state index in [0.29, 0.717) is 6.61 Å². The van der Waals surface area contributed by atoms with E-state index in [4.69, 9.17) is 4.74 Å². The van der Waals surface area contributed by atoms with Crippen molar-refractivity contribution in [2.75, 3.05) is 18.1 Å². The van der Waals surface area contributed by atoms with Crippen molar-refractivity contribution in [1.82, 2.24) is 0 Å². The molecule has 0 aliphatic carbocycles. The maximum atomic E-state index is 11.2. The van der Waals surface area contributed by atoms with Crippen LogP contribution in [-0.4, -0.2) is 30.0 Å². The monoisotopic (exact) mass is 425 g/mol. The molecule has 32 heavy (non-hydrogen) atoms. The molecule has 1 saturated heterocycles. The molecule has 0 spiro atoms. The quantitative estimate of drug-likeness (QED) is 0.585. The summed E-state index contributed by atoms with van der Waals surface area (Å²) in [4.78, 5) is 13.5. The lowest BCUT2D eigenvalue weighted by Crippen LogP contribution is -2.51. The molecule has 0 radical (unpaired) electrons. The van der Waals surface area contributed by atoms with Gasteiger partial charge in [-0.3, -0.25) is 4.79 Å². The second-order valence-electron chi connectivity index (χ2n) is 9.06. The average Bonchev–Trinajstić information content (AvgIpc) is 3.30. The molecule has 4 nitrogen and oxygen atoms in total. The van der Waals surface area contributed by atoms with Crippen molar-refractivity contribution in [2.45, 2.75) is 31.4 Å². The Bertz CT molecular complexity index is 1180. The minimum atomic E-state index is -0.814. The minimum absolute atomic E-state index is 0.0286. The predicted molar refractivity (Wildman–Crippen MR) is 128 cm³/mol. The summed E-state index contributed by atoms with van der Waals surface area (Å²) >= 11 is 0. The van der Waals surface area contributed by atoms with Crippen LogP contribution in [0.1, 0.15) is 30.5 Å². The molecule has 162 valence electrons. The fourth-order valence-corrected chi connectivity index (χ4v) is 5.12. The van der Waals surface area contributed by atoms with Crippen LogP contribution < -0.4 is 4.90 Å². The number of ether oxygens (including phenoxy) is 1. The van der Waals surface area contributed by atoms with Gasteiger partial charge in [-0.25, -0.2) is 0 Å². The molecule has 0 bridgehead atoms. The highest BCUT2D eigenvalue weighted by atomic mass is 16.5. The Morgan fingerprint density at radius 3 is 2.47 bits per heavy atom. The number of hydrogen-bond donors (Lipinski definition) is 1. The first-order chi connectivity index (χ1) is 15.4. The number of aliphatic carboxylic acids is 1. The third kappa shape index (κ3) is 3.23. The molecular weight excluding hydrogens is 398 g/mol. The fourth-order valence-electron chi connectivity index (χ4n) is 5.12. The van der Waals surface area contributed by atoms with Gasteiger partial charge in [0.15, 0.2) is 5.72 Å². The summed E-state index contributed by atoms with van der Waals surface area (Å²) in [5.41, 5.74) is 5.69. The standard InChI is InChI=1S/C28H27NO3/c1-27(2)24-18-21(19-26(30)31)10-13-25(24)29-16-17-32-28(27,29)15-14-20-8-11-23(12-9-20)22-6-4-3-5-7-22/h3-15,18H,16-17,19H2,1-2H3,(H,30,31). The van der Waals surface area contributed by atoms with E-state index in [0.717, 1.165) is 28.9 Å². The Hall–Kier alpha value is -3.37. The van der Waals surface area contributed by atoms with Crippen molar-refractivity contribution in [3.05, 3.63) is 95.6 Å². The summed E-state index contributed by atoms with van der Waals surface area (Å²) in [5.74, 6) is -0.814. The summed E-state index contributed by atoms with van der Waals surface area (Å²) in [6.07, 6.45) is 4.34. The van der Waals surface area contributed by atoms with Crippen molar-refractivity contribution in [3.8, 4) is 11.1 Å². The van der Waals surface area contributed by atoms with Crippen molar-refractivity contribution >= 4 is 17.7 Å². The highest BCUT2D eigenvalue weighted by Crippen LogP contribution is 2.55. The number of anilines is 1. The molecule has 3 aromatic carbocycles. The smallest absolute Gasteiger partial charge is 0.307 e. The first-order valence-electron chi connectivity index (χ1n) is 11.0. The van der Waals surface area contributed by atoms with E-state index in [2.05, 4.69) is 79.4 Å². The van der Waals surface area contributed by atoms with E-state index in [1.807, 2.05) is 24.3 Å². The van der Waals surface area contributed by atoms with Crippen LogP contribution in [-0.2, 0) is 21.4 Å². The van der Waals surface area contributed by atoms with Crippen molar-refractivity contribution in [1.29, 1.82) is 0 Å². The lowest BCUT2D eigenvalue weighted by Gasteiger charge is -2.39. The Morgan fingerprint density at radius 1 is 1.03 bits per heavy atom. The second-order valence-corrected chi connectivity index (χ2v) is 9.06. The average molecular weight is 426 g/mol. The van der Waals surface area contributed by atoms with Crippen LogP contribution in [0.4, 0.5) is 5.69 Å². The number of fused-ring (bicyclic) bond motifs is 3. The normalized spacial score (nSPS) is 21.0. The van der Waals surface area contributed by atoms with E-state index in [-0.39, 0.29) is 11.8 Å². The third-order valence-corrected chi connectivity index (χ3v) is 6.83. The first-order valence-corrected chi connectivity index (χ1v) is 11.0. The number of carboxylic acids is 1. The fraction of sp³-hybridized carbons (Fsp3) is 0.250. The number of hydrogen-bond acceptors (Lipinski definition) is 3. The minimum Gasteiger partial charge on any atom is -0.481 e. The Labute approximate surface area is 188 Å². The highest BCUT2D eigenvalue weighted by Gasteiger charge is 2.59. The number of carbonyl (C=O) groups is 1. The van der Waals surface area contributed by atoms with E-state index < -0.39 is 11.7 Å². The van der Waals surface area contributed by atoms with Crippen LogP contribution in [0.3, 0.4) is 0 Å². The molecule has 2 aliphatic rings. The largest absolute Gasteiger partial charge is 0.481 e. The molecule has 5 rings (SSSR count). The van der Waals surface area contributed by atoms with Crippen LogP contribution >= 0.6 is 0 Å². The molecule has 2 aliphatic heterocycles. The van der Waals surface area contributed by atoms with E-state index in [9.17, 15) is 9.90 Å². The summed E-state index contributed by atoms with van der Waals surface area (Å²) in [6.45, 7) is 5.85. The van der Waals surface area contributed by atoms with Crippen LogP contribution in [0.15, 0.2) is 78.9 Å². The van der Waals surface area contributed by atoms with Gasteiger partial charge in [0.1, 0.15) is 0 Å². The van der Waals surface area contributed by atoms with E-state index in [1.165, 1.54) is 11.1 Å². The summed E-state index contributed by atoms with van der Waals surface area (Å²) in [7, 11) is 0. The van der Waals surface area contributed by atoms with Gasteiger partial charge in [-0.15, -0.1) is 0 Å². The van der Waals surface area contributed by atoms with Crippen LogP contribution in [0.5, 0.6) is 0 Å². The zero-order valence-corrected chi connectivity index (χ0v) is 18.4. The van der Waals surface area contributed by atoms with Gasteiger partial charge >= 0.3 is 5.97 Å². The molecule has 0 aromatic heterocycles. The molecule has 1 unspecified atom stereocenters. The molecule has 1 fully saturated rings. The van der Waals surface area contributed by atoms with Gasteiger partial charge in [0.2, 0.25) is 0 Å². The van der Waals surface area contributed by atoms with Gasteiger partial charge in [-0.1, -0.05) is 86.7 Å². The molecule has 3 aromatic rings. The Morgan fingerprint density at radius 2 is 1.75 bits per heavy atom. The van der Waals surface area contributed by atoms with Crippen LogP contribution in [0.2, 0.25) is 0 Å². The van der Waals surface area contributed by atoms with Crippen molar-refractivity contribution in [3.63, 3.8) is 0 Å². The lowest BCUT2D eigenvalue weighted by atomic mass is 9.76. The van der Waals surface area contributed by atoms with E-state index >= 15 is 0 Å². The van der Waals surface area contributed by atoms with Gasteiger partial charge in [-0.05, 0) is 40.0 Å². The molecule has 0 saturated carbocycles. The van der Waals surface area contributed by atoms with Gasteiger partial charge < -0.3 is 14.7 Å². The van der Waals surface area contributed by atoms with Gasteiger partial charge in [0, 0.05) is 17.6 Å². The highest BCUT2D eigenvalue weighted by molar-refractivity contribution is 5.74. The number of rotatable bonds is 5. The summed E-state index contributed by atoms with van der Waals surface area (Å²) < 4.78 is 6.42. The van der Waals surface area contributed by atoms with Gasteiger partial charge in [-0.2, -0.15) is 0 Å². The number of benzene rings is 3. The Balaban J connectivity index is 1.47. The van der Waals surface area contributed by atoms with E-state index in [1.54, 1.807) is 0 Å². The molecule has 0 amide bonds. The number of nitrogens with zero attached hydrogens (tertiary/aromatic N) is 1. The van der Waals surface area contributed by atoms with Crippen LogP contribution in [0, 0.1) is 0 Å². The maximum Gasteiger partial charge on any atom is 0.307 e. The number of carboxylic acid groups (broad SMARTS) is 1. The zero-order valence-electron chi connectivity index (χ0n) is 18.4. The second kappa shape index (κ2) is 7.64. The molecule has 2 heterocycles. The SMILES string of the molecule is CC1(C)c2cc(CC(=O)O)ccc2N2CCOC21C=Cc1ccc(-c2ccccc2)cc1.